The summed E-state index contributed by atoms with van der Waals surface area (Å²) < 4.78 is 32.0. The second-order valence-electron chi connectivity index (χ2n) is 5.10. The number of benzene rings is 1. The Hall–Kier alpha value is -2.15. The summed E-state index contributed by atoms with van der Waals surface area (Å²) in [6, 6.07) is 5.88. The fraction of sp³-hybridized carbons (Fsp3) is 0.250. The molecule has 1 atom stereocenters. The van der Waals surface area contributed by atoms with Crippen molar-refractivity contribution in [3.05, 3.63) is 53.7 Å². The summed E-state index contributed by atoms with van der Waals surface area (Å²) in [5.74, 6) is 0.339. The number of amides is 1. The number of pyridine rings is 1. The maximum atomic E-state index is 13.1. The van der Waals surface area contributed by atoms with Gasteiger partial charge in [-0.1, -0.05) is 0 Å². The zero-order valence-electron chi connectivity index (χ0n) is 12.1. The minimum Gasteiger partial charge on any atom is -0.473 e. The molecule has 1 aromatic carbocycles. The van der Waals surface area contributed by atoms with Crippen LogP contribution < -0.4 is 10.1 Å². The number of nitrogens with one attached hydrogen (secondary N) is 1. The van der Waals surface area contributed by atoms with Crippen LogP contribution in [0, 0.1) is 11.6 Å². The minimum absolute atomic E-state index is 0.0546. The van der Waals surface area contributed by atoms with Crippen LogP contribution in [-0.2, 0) is 0 Å². The molecule has 1 aliphatic heterocycles. The smallest absolute Gasteiger partial charge is 0.255 e. The van der Waals surface area contributed by atoms with Crippen molar-refractivity contribution < 1.29 is 18.3 Å². The van der Waals surface area contributed by atoms with Crippen molar-refractivity contribution in [2.45, 2.75) is 12.5 Å². The Morgan fingerprint density at radius 3 is 2.74 bits per heavy atom. The first-order valence-electron chi connectivity index (χ1n) is 7.08. The molecule has 7 heteroatoms. The Morgan fingerprint density at radius 2 is 2.04 bits per heavy atom. The van der Waals surface area contributed by atoms with Crippen molar-refractivity contribution in [2.24, 2.45) is 0 Å². The average molecular weight is 336 g/mol. The molecule has 1 unspecified atom stereocenters. The molecule has 1 aromatic heterocycles. The van der Waals surface area contributed by atoms with E-state index < -0.39 is 17.5 Å². The van der Waals surface area contributed by atoms with Crippen molar-refractivity contribution in [3.8, 4) is 5.88 Å². The lowest BCUT2D eigenvalue weighted by Gasteiger charge is -2.12. The lowest BCUT2D eigenvalue weighted by atomic mass is 10.2. The summed E-state index contributed by atoms with van der Waals surface area (Å²) in [5, 5.41) is 2.45. The number of ether oxygens (including phenoxy) is 1. The van der Waals surface area contributed by atoms with Crippen LogP contribution in [0.5, 0.6) is 5.88 Å². The summed E-state index contributed by atoms with van der Waals surface area (Å²) >= 11 is 1.81. The molecule has 23 heavy (non-hydrogen) atoms. The van der Waals surface area contributed by atoms with Crippen molar-refractivity contribution in [3.63, 3.8) is 0 Å². The van der Waals surface area contributed by atoms with E-state index in [2.05, 4.69) is 10.3 Å². The Bertz CT molecular complexity index is 701. The molecule has 0 bridgehead atoms. The maximum absolute atomic E-state index is 13.1. The highest BCUT2D eigenvalue weighted by Crippen LogP contribution is 2.22. The van der Waals surface area contributed by atoms with Gasteiger partial charge in [-0.05, 0) is 30.4 Å². The third-order valence-corrected chi connectivity index (χ3v) is 4.42. The van der Waals surface area contributed by atoms with Gasteiger partial charge in [0.2, 0.25) is 5.88 Å². The Labute approximate surface area is 136 Å². The molecule has 2 aromatic rings. The van der Waals surface area contributed by atoms with Crippen LogP contribution >= 0.6 is 11.8 Å². The molecule has 1 N–H and O–H groups in total. The number of hydrogen-bond acceptors (Lipinski definition) is 4. The summed E-state index contributed by atoms with van der Waals surface area (Å²) in [6.07, 6.45) is 2.52. The second-order valence-corrected chi connectivity index (χ2v) is 6.25. The van der Waals surface area contributed by atoms with E-state index in [-0.39, 0.29) is 11.8 Å². The van der Waals surface area contributed by atoms with E-state index in [9.17, 15) is 13.6 Å². The first kappa shape index (κ1) is 15.7. The molecule has 0 radical (unpaired) electrons. The highest BCUT2D eigenvalue weighted by Gasteiger charge is 2.18. The number of thioether (sulfide) groups is 1. The zero-order valence-corrected chi connectivity index (χ0v) is 12.9. The molecule has 0 saturated carbocycles. The fourth-order valence-electron chi connectivity index (χ4n) is 2.22. The number of aromatic nitrogens is 1. The Kier molecular flexibility index (Phi) is 4.76. The van der Waals surface area contributed by atoms with Crippen LogP contribution in [-0.4, -0.2) is 28.5 Å². The molecule has 4 nitrogen and oxygen atoms in total. The van der Waals surface area contributed by atoms with Crippen LogP contribution in [0.1, 0.15) is 16.8 Å². The maximum Gasteiger partial charge on any atom is 0.255 e. The summed E-state index contributed by atoms with van der Waals surface area (Å²) in [7, 11) is 0. The van der Waals surface area contributed by atoms with Crippen molar-refractivity contribution in [1.29, 1.82) is 0 Å². The molecule has 120 valence electrons. The van der Waals surface area contributed by atoms with Gasteiger partial charge in [0.15, 0.2) is 0 Å². The normalized spacial score (nSPS) is 17.0. The lowest BCUT2D eigenvalue weighted by Crippen LogP contribution is -2.17. The van der Waals surface area contributed by atoms with Gasteiger partial charge in [0.05, 0.1) is 0 Å². The van der Waals surface area contributed by atoms with Crippen molar-refractivity contribution in [1.82, 2.24) is 4.98 Å². The van der Waals surface area contributed by atoms with Crippen molar-refractivity contribution >= 4 is 23.4 Å². The van der Waals surface area contributed by atoms with Crippen LogP contribution in [0.4, 0.5) is 14.5 Å². The average Bonchev–Trinajstić information content (AvgIpc) is 2.99. The standard InChI is InChI=1S/C16H14F2N2O2S/c17-11-6-12(18)8-13(7-11)20-16(21)10-1-3-19-15(5-10)22-14-2-4-23-9-14/h1,3,5-8,14H,2,4,9H2,(H,20,21). The van der Waals surface area contributed by atoms with Gasteiger partial charge in [-0.2, -0.15) is 11.8 Å². The molecule has 3 rings (SSSR count). The topological polar surface area (TPSA) is 51.2 Å². The highest BCUT2D eigenvalue weighted by molar-refractivity contribution is 7.99. The molecular formula is C16H14F2N2O2S. The lowest BCUT2D eigenvalue weighted by molar-refractivity contribution is 0.102. The molecule has 0 aliphatic carbocycles. The molecule has 1 amide bonds. The molecule has 2 heterocycles. The number of hydrogen-bond donors (Lipinski definition) is 1. The molecule has 1 fully saturated rings. The van der Waals surface area contributed by atoms with Gasteiger partial charge in [-0.3, -0.25) is 4.79 Å². The molecule has 0 spiro atoms. The SMILES string of the molecule is O=C(Nc1cc(F)cc(F)c1)c1ccnc(OC2CCSC2)c1. The summed E-state index contributed by atoms with van der Waals surface area (Å²) in [5.41, 5.74) is 0.365. The summed E-state index contributed by atoms with van der Waals surface area (Å²) in [4.78, 5) is 16.3. The van der Waals surface area contributed by atoms with Gasteiger partial charge in [-0.25, -0.2) is 13.8 Å². The quantitative estimate of drug-likeness (QED) is 0.928. The van der Waals surface area contributed by atoms with Crippen LogP contribution in [0.25, 0.3) is 0 Å². The van der Waals surface area contributed by atoms with E-state index in [0.29, 0.717) is 11.4 Å². The number of carbonyl (C=O) groups is 1. The van der Waals surface area contributed by atoms with Gasteiger partial charge in [0.1, 0.15) is 17.7 Å². The monoisotopic (exact) mass is 336 g/mol. The van der Waals surface area contributed by atoms with E-state index in [1.54, 1.807) is 0 Å². The van der Waals surface area contributed by atoms with Gasteiger partial charge in [0, 0.05) is 35.3 Å². The van der Waals surface area contributed by atoms with Crippen molar-refractivity contribution in [2.75, 3.05) is 16.8 Å². The van der Waals surface area contributed by atoms with Crippen LogP contribution in [0.15, 0.2) is 36.5 Å². The number of carbonyl (C=O) groups excluding carboxylic acids is 1. The van der Waals surface area contributed by atoms with Gasteiger partial charge < -0.3 is 10.1 Å². The third-order valence-electron chi connectivity index (χ3n) is 3.29. The van der Waals surface area contributed by atoms with Gasteiger partial charge in [-0.15, -0.1) is 0 Å². The predicted molar refractivity (Wildman–Crippen MR) is 84.9 cm³/mol. The largest absolute Gasteiger partial charge is 0.473 e. The molecule has 1 aliphatic rings. The second kappa shape index (κ2) is 6.95. The van der Waals surface area contributed by atoms with Crippen LogP contribution in [0.3, 0.4) is 0 Å². The zero-order chi connectivity index (χ0) is 16.2. The van der Waals surface area contributed by atoms with Crippen LogP contribution in [0.2, 0.25) is 0 Å². The first-order valence-corrected chi connectivity index (χ1v) is 8.23. The van der Waals surface area contributed by atoms with Gasteiger partial charge in [0.25, 0.3) is 5.91 Å². The third kappa shape index (κ3) is 4.19. The summed E-state index contributed by atoms with van der Waals surface area (Å²) in [6.45, 7) is 0. The number of halogens is 2. The molecular weight excluding hydrogens is 322 g/mol. The number of rotatable bonds is 4. The number of anilines is 1. The minimum atomic E-state index is -0.752. The van der Waals surface area contributed by atoms with E-state index in [1.165, 1.54) is 18.3 Å². The Morgan fingerprint density at radius 1 is 1.26 bits per heavy atom. The predicted octanol–water partition coefficient (Wildman–Crippen LogP) is 3.50. The van der Waals surface area contributed by atoms with E-state index in [4.69, 9.17) is 4.74 Å². The Balaban J connectivity index is 1.71. The van der Waals surface area contributed by atoms with E-state index in [1.807, 2.05) is 11.8 Å². The number of nitrogens with zero attached hydrogens (tertiary/aromatic N) is 1. The highest BCUT2D eigenvalue weighted by atomic mass is 32.2. The fourth-order valence-corrected chi connectivity index (χ4v) is 3.31. The first-order chi connectivity index (χ1) is 11.1. The van der Waals surface area contributed by atoms with Gasteiger partial charge >= 0.3 is 0 Å². The van der Waals surface area contributed by atoms with E-state index in [0.717, 1.165) is 36.1 Å². The van der Waals surface area contributed by atoms with E-state index >= 15 is 0 Å². The molecule has 1 saturated heterocycles.